The van der Waals surface area contributed by atoms with Gasteiger partial charge >= 0.3 is 0 Å². The third-order valence-corrected chi connectivity index (χ3v) is 1.59. The van der Waals surface area contributed by atoms with Crippen molar-refractivity contribution in [3.8, 4) is 0 Å². The van der Waals surface area contributed by atoms with E-state index in [9.17, 15) is 10.1 Å². The first-order chi connectivity index (χ1) is 6.88. The van der Waals surface area contributed by atoms with Crippen LogP contribution in [0, 0.1) is 10.1 Å². The number of nitro groups is 1. The van der Waals surface area contributed by atoms with Crippen molar-refractivity contribution in [1.82, 2.24) is 0 Å². The lowest BCUT2D eigenvalue weighted by Gasteiger charge is -2.15. The monoisotopic (exact) mass is 208 g/mol. The summed E-state index contributed by atoms with van der Waals surface area (Å²) in [4.78, 5) is 14.2. The van der Waals surface area contributed by atoms with Crippen LogP contribution in [-0.4, -0.2) is 36.9 Å². The average Bonchev–Trinajstić information content (AvgIpc) is 2.14. The topological polar surface area (TPSA) is 55.5 Å². The molecule has 0 N–H and O–H groups in total. The molecule has 0 heterocycles. The van der Waals surface area contributed by atoms with Gasteiger partial charge in [0, 0.05) is 12.1 Å². The van der Waals surface area contributed by atoms with Crippen molar-refractivity contribution in [3.63, 3.8) is 0 Å². The van der Waals surface area contributed by atoms with E-state index in [0.29, 0.717) is 10.2 Å². The highest BCUT2D eigenvalue weighted by molar-refractivity contribution is 5.57. The first-order valence-corrected chi connectivity index (χ1v) is 4.49. The molecule has 0 aliphatic heterocycles. The smallest absolute Gasteiger partial charge is 0.271 e. The van der Waals surface area contributed by atoms with Gasteiger partial charge in [-0.3, -0.25) is 14.6 Å². The summed E-state index contributed by atoms with van der Waals surface area (Å²) in [5.41, 5.74) is 0.656. The Kier molecular flexibility index (Phi) is 3.16. The molecule has 1 aromatic rings. The number of aliphatic imine (C=N–C) groups is 1. The second-order valence-corrected chi connectivity index (χ2v) is 4.14. The molecule has 0 radical (unpaired) electrons. The van der Waals surface area contributed by atoms with Crippen molar-refractivity contribution in [1.29, 1.82) is 0 Å². The third kappa shape index (κ3) is 3.86. The molecular weight excluding hydrogens is 194 g/mol. The van der Waals surface area contributed by atoms with Gasteiger partial charge in [0.2, 0.25) is 0 Å². The van der Waals surface area contributed by atoms with Crippen molar-refractivity contribution in [2.24, 2.45) is 4.99 Å². The van der Waals surface area contributed by atoms with Crippen molar-refractivity contribution < 1.29 is 9.41 Å². The lowest BCUT2D eigenvalue weighted by molar-refractivity contribution is -0.769. The number of benzene rings is 1. The fourth-order valence-electron chi connectivity index (χ4n) is 0.927. The average molecular weight is 208 g/mol. The maximum absolute atomic E-state index is 10.5. The molecule has 0 bridgehead atoms. The predicted octanol–water partition coefficient (Wildman–Crippen LogP) is 1.96. The summed E-state index contributed by atoms with van der Waals surface area (Å²) in [5.74, 6) is 0. The van der Waals surface area contributed by atoms with Crippen LogP contribution in [0.5, 0.6) is 0 Å². The summed E-state index contributed by atoms with van der Waals surface area (Å²) in [7, 11) is 5.88. The van der Waals surface area contributed by atoms with Gasteiger partial charge in [-0.2, -0.15) is 0 Å². The van der Waals surface area contributed by atoms with Crippen molar-refractivity contribution >= 4 is 17.7 Å². The van der Waals surface area contributed by atoms with Crippen LogP contribution in [0.25, 0.3) is 0 Å². The molecular formula is C10H14N3O2+. The van der Waals surface area contributed by atoms with Crippen LogP contribution in [0.3, 0.4) is 0 Å². The van der Waals surface area contributed by atoms with Crippen LogP contribution < -0.4 is 0 Å². The maximum Gasteiger partial charge on any atom is 0.271 e. The van der Waals surface area contributed by atoms with Gasteiger partial charge in [-0.05, 0) is 6.07 Å². The van der Waals surface area contributed by atoms with Crippen LogP contribution in [0.4, 0.5) is 11.4 Å². The molecule has 0 atom stereocenters. The van der Waals surface area contributed by atoms with Gasteiger partial charge in [0.1, 0.15) is 0 Å². The van der Waals surface area contributed by atoms with E-state index in [1.54, 1.807) is 18.5 Å². The molecule has 0 unspecified atom stereocenters. The molecule has 0 saturated carbocycles. The Morgan fingerprint density at radius 2 is 2.07 bits per heavy atom. The summed E-state index contributed by atoms with van der Waals surface area (Å²) in [6.07, 6.45) is 1.72. The minimum Gasteiger partial charge on any atom is -0.288 e. The Morgan fingerprint density at radius 1 is 1.40 bits per heavy atom. The minimum absolute atomic E-state index is 0.0612. The Balaban J connectivity index is 2.92. The standard InChI is InChI=1S/C10H14N3O2/c1-13(2,3)8-11-9-5-4-6-10(7-9)12(14)15/h4-8H,1-3H3/q+1. The highest BCUT2D eigenvalue weighted by Crippen LogP contribution is 2.19. The van der Waals surface area contributed by atoms with Gasteiger partial charge in [0.25, 0.3) is 5.69 Å². The summed E-state index contributed by atoms with van der Waals surface area (Å²) in [6, 6.07) is 6.26. The van der Waals surface area contributed by atoms with E-state index in [0.717, 1.165) is 0 Å². The molecule has 0 aromatic heterocycles. The molecule has 5 heteroatoms. The van der Waals surface area contributed by atoms with E-state index >= 15 is 0 Å². The highest BCUT2D eigenvalue weighted by atomic mass is 16.6. The highest BCUT2D eigenvalue weighted by Gasteiger charge is 2.06. The van der Waals surface area contributed by atoms with Crippen LogP contribution in [0.2, 0.25) is 0 Å². The second kappa shape index (κ2) is 4.18. The zero-order valence-corrected chi connectivity index (χ0v) is 9.04. The molecule has 1 rings (SSSR count). The normalized spacial score (nSPS) is 11.9. The molecule has 0 spiro atoms. The summed E-state index contributed by atoms with van der Waals surface area (Å²) >= 11 is 0. The lowest BCUT2D eigenvalue weighted by atomic mass is 10.3. The molecule has 0 aliphatic carbocycles. The Hall–Kier alpha value is -1.75. The van der Waals surface area contributed by atoms with Crippen LogP contribution in [-0.2, 0) is 0 Å². The second-order valence-electron chi connectivity index (χ2n) is 4.14. The molecule has 0 aliphatic rings. The molecule has 15 heavy (non-hydrogen) atoms. The molecule has 0 amide bonds. The lowest BCUT2D eigenvalue weighted by Crippen LogP contribution is -2.32. The summed E-state index contributed by atoms with van der Waals surface area (Å²) in [5, 5.41) is 10.5. The number of nitrogens with zero attached hydrogens (tertiary/aromatic N) is 3. The first-order valence-electron chi connectivity index (χ1n) is 4.49. The Bertz CT molecular complexity index is 394. The van der Waals surface area contributed by atoms with E-state index in [1.165, 1.54) is 12.1 Å². The van der Waals surface area contributed by atoms with Gasteiger partial charge in [-0.25, -0.2) is 4.99 Å². The third-order valence-electron chi connectivity index (χ3n) is 1.59. The van der Waals surface area contributed by atoms with Gasteiger partial charge in [-0.1, -0.05) is 6.07 Å². The summed E-state index contributed by atoms with van der Waals surface area (Å²) < 4.78 is 0.572. The minimum atomic E-state index is -0.426. The number of quaternary nitrogens is 1. The van der Waals surface area contributed by atoms with Crippen molar-refractivity contribution in [2.45, 2.75) is 0 Å². The molecule has 5 nitrogen and oxygen atoms in total. The number of non-ortho nitro benzene ring substituents is 1. The van der Waals surface area contributed by atoms with E-state index in [-0.39, 0.29) is 5.69 Å². The number of rotatable bonds is 3. The van der Waals surface area contributed by atoms with Crippen molar-refractivity contribution in [3.05, 3.63) is 34.4 Å². The molecule has 1 aromatic carbocycles. The largest absolute Gasteiger partial charge is 0.288 e. The van der Waals surface area contributed by atoms with Crippen LogP contribution in [0.1, 0.15) is 0 Å². The number of hydrogen-bond donors (Lipinski definition) is 0. The van der Waals surface area contributed by atoms with Crippen LogP contribution in [0.15, 0.2) is 29.3 Å². The van der Waals surface area contributed by atoms with Crippen LogP contribution >= 0.6 is 0 Å². The quantitative estimate of drug-likeness (QED) is 0.251. The number of hydrogen-bond acceptors (Lipinski definition) is 3. The van der Waals surface area contributed by atoms with E-state index in [1.807, 2.05) is 21.1 Å². The zero-order chi connectivity index (χ0) is 11.5. The zero-order valence-electron chi connectivity index (χ0n) is 9.04. The summed E-state index contributed by atoms with van der Waals surface area (Å²) in [6.45, 7) is 0. The van der Waals surface area contributed by atoms with Gasteiger partial charge in [0.15, 0.2) is 6.34 Å². The molecule has 80 valence electrons. The van der Waals surface area contributed by atoms with E-state index in [4.69, 9.17) is 0 Å². The van der Waals surface area contributed by atoms with Gasteiger partial charge < -0.3 is 0 Å². The molecule has 0 fully saturated rings. The predicted molar refractivity (Wildman–Crippen MR) is 59.3 cm³/mol. The first kappa shape index (κ1) is 11.3. The Labute approximate surface area is 88.4 Å². The maximum atomic E-state index is 10.5. The van der Waals surface area contributed by atoms with Gasteiger partial charge in [0.05, 0.1) is 31.8 Å². The van der Waals surface area contributed by atoms with E-state index in [2.05, 4.69) is 4.99 Å². The SMILES string of the molecule is C[N+](C)(C)C=Nc1cccc([N+](=O)[O-])c1. The molecule has 0 saturated heterocycles. The van der Waals surface area contributed by atoms with E-state index < -0.39 is 4.92 Å². The number of nitro benzene ring substituents is 1. The Morgan fingerprint density at radius 3 is 2.60 bits per heavy atom. The van der Waals surface area contributed by atoms with Crippen molar-refractivity contribution in [2.75, 3.05) is 21.1 Å². The fraction of sp³-hybridized carbons (Fsp3) is 0.300. The van der Waals surface area contributed by atoms with Gasteiger partial charge in [-0.15, -0.1) is 0 Å². The fourth-order valence-corrected chi connectivity index (χ4v) is 0.927.